The molecule has 0 amide bonds. The molecular weight excluding hydrogens is 262 g/mol. The molecule has 0 saturated carbocycles. The Morgan fingerprint density at radius 2 is 2.00 bits per heavy atom. The lowest BCUT2D eigenvalue weighted by Crippen LogP contribution is -2.03. The maximum absolute atomic E-state index is 5.98. The van der Waals surface area contributed by atoms with Gasteiger partial charge in [-0.3, -0.25) is 9.55 Å². The fourth-order valence-electron chi connectivity index (χ4n) is 2.24. The summed E-state index contributed by atoms with van der Waals surface area (Å²) in [6, 6.07) is 7.82. The quantitative estimate of drug-likeness (QED) is 0.534. The van der Waals surface area contributed by atoms with Crippen LogP contribution in [0.3, 0.4) is 0 Å². The first kappa shape index (κ1) is 10.5. The lowest BCUT2D eigenvalue weighted by Gasteiger charge is -2.07. The predicted octanol–water partition coefficient (Wildman–Crippen LogP) is 2.72. The summed E-state index contributed by atoms with van der Waals surface area (Å²) in [7, 11) is 0. The van der Waals surface area contributed by atoms with Gasteiger partial charge < -0.3 is 0 Å². The molecule has 0 bridgehead atoms. The minimum atomic E-state index is 0.217. The van der Waals surface area contributed by atoms with Gasteiger partial charge in [-0.1, -0.05) is 0 Å². The summed E-state index contributed by atoms with van der Waals surface area (Å²) in [6.07, 6.45) is 7.39. The highest BCUT2D eigenvalue weighted by molar-refractivity contribution is 6.28. The Morgan fingerprint density at radius 3 is 2.95 bits per heavy atom. The van der Waals surface area contributed by atoms with Crippen LogP contribution in [0.4, 0.5) is 0 Å². The van der Waals surface area contributed by atoms with Crippen LogP contribution in [0.5, 0.6) is 0 Å². The number of rotatable bonds is 1. The molecule has 0 atom stereocenters. The molecule has 92 valence electrons. The second-order valence-corrected chi connectivity index (χ2v) is 4.50. The maximum Gasteiger partial charge on any atom is 0.243 e. The van der Waals surface area contributed by atoms with E-state index in [2.05, 4.69) is 15.1 Å². The fourth-order valence-corrected chi connectivity index (χ4v) is 2.40. The number of pyridine rings is 1. The second-order valence-electron chi connectivity index (χ2n) is 4.16. The summed E-state index contributed by atoms with van der Waals surface area (Å²) < 4.78 is 3.71. The number of nitrogens with zero attached hydrogens (tertiary/aromatic N) is 5. The van der Waals surface area contributed by atoms with E-state index in [4.69, 9.17) is 11.6 Å². The van der Waals surface area contributed by atoms with Gasteiger partial charge in [0.15, 0.2) is 5.82 Å². The summed E-state index contributed by atoms with van der Waals surface area (Å²) in [5, 5.41) is 5.41. The molecule has 0 unspecified atom stereocenters. The van der Waals surface area contributed by atoms with E-state index in [-0.39, 0.29) is 5.28 Å². The van der Waals surface area contributed by atoms with Gasteiger partial charge in [0, 0.05) is 30.2 Å². The van der Waals surface area contributed by atoms with Crippen LogP contribution in [-0.2, 0) is 0 Å². The van der Waals surface area contributed by atoms with Gasteiger partial charge in [-0.05, 0) is 35.9 Å². The Kier molecular flexibility index (Phi) is 2.10. The molecule has 4 heterocycles. The topological polar surface area (TPSA) is 48.0 Å². The monoisotopic (exact) mass is 269 g/mol. The zero-order chi connectivity index (χ0) is 12.8. The zero-order valence-corrected chi connectivity index (χ0v) is 10.5. The van der Waals surface area contributed by atoms with Crippen LogP contribution >= 0.6 is 11.6 Å². The summed E-state index contributed by atoms with van der Waals surface area (Å²) >= 11 is 5.98. The fraction of sp³-hybridized carbons (Fsp3) is 0. The predicted molar refractivity (Wildman–Crippen MR) is 72.6 cm³/mol. The van der Waals surface area contributed by atoms with Crippen LogP contribution in [0, 0.1) is 0 Å². The average molecular weight is 270 g/mol. The van der Waals surface area contributed by atoms with Crippen molar-refractivity contribution in [2.45, 2.75) is 0 Å². The van der Waals surface area contributed by atoms with Crippen molar-refractivity contribution in [3.63, 3.8) is 0 Å². The van der Waals surface area contributed by atoms with Crippen molar-refractivity contribution in [1.82, 2.24) is 24.1 Å². The molecule has 4 aromatic rings. The highest BCUT2D eigenvalue weighted by atomic mass is 35.5. The van der Waals surface area contributed by atoms with Crippen LogP contribution in [0.1, 0.15) is 0 Å². The molecule has 0 spiro atoms. The van der Waals surface area contributed by atoms with E-state index in [1.165, 1.54) is 0 Å². The summed E-state index contributed by atoms with van der Waals surface area (Å²) in [5.74, 6) is 0.756. The van der Waals surface area contributed by atoms with Crippen molar-refractivity contribution in [2.24, 2.45) is 0 Å². The van der Waals surface area contributed by atoms with E-state index in [0.29, 0.717) is 0 Å². The third-order valence-corrected chi connectivity index (χ3v) is 3.22. The van der Waals surface area contributed by atoms with Crippen molar-refractivity contribution in [3.05, 3.63) is 54.3 Å². The number of halogens is 1. The largest absolute Gasteiger partial charge is 0.299 e. The van der Waals surface area contributed by atoms with E-state index in [1.807, 2.05) is 47.4 Å². The molecule has 4 aromatic heterocycles. The van der Waals surface area contributed by atoms with Gasteiger partial charge in [0.25, 0.3) is 0 Å². The Hall–Kier alpha value is -2.40. The molecule has 19 heavy (non-hydrogen) atoms. The van der Waals surface area contributed by atoms with Gasteiger partial charge >= 0.3 is 0 Å². The molecule has 4 rings (SSSR count). The highest BCUT2D eigenvalue weighted by Crippen LogP contribution is 2.22. The molecule has 0 aliphatic heterocycles. The van der Waals surface area contributed by atoms with E-state index < -0.39 is 0 Å². The van der Waals surface area contributed by atoms with Crippen molar-refractivity contribution >= 4 is 28.0 Å². The average Bonchev–Trinajstić information content (AvgIpc) is 3.03. The molecule has 0 N–H and O–H groups in total. The van der Waals surface area contributed by atoms with Gasteiger partial charge in [-0.25, -0.2) is 4.52 Å². The first-order valence-corrected chi connectivity index (χ1v) is 6.13. The standard InChI is InChI=1S/C13H8ClN5/c14-13-16-12(11-2-1-6-19(11)17-13)18-7-4-9-8-15-5-3-10(9)18/h1-8H. The first-order chi connectivity index (χ1) is 9.33. The van der Waals surface area contributed by atoms with Crippen molar-refractivity contribution in [1.29, 1.82) is 0 Å². The molecule has 0 saturated heterocycles. The minimum absolute atomic E-state index is 0.217. The maximum atomic E-state index is 5.98. The van der Waals surface area contributed by atoms with Gasteiger partial charge in [0.2, 0.25) is 5.28 Å². The van der Waals surface area contributed by atoms with Gasteiger partial charge in [-0.2, -0.15) is 4.98 Å². The van der Waals surface area contributed by atoms with Gasteiger partial charge in [-0.15, -0.1) is 5.10 Å². The normalized spacial score (nSPS) is 11.4. The van der Waals surface area contributed by atoms with Crippen LogP contribution in [0.15, 0.2) is 49.1 Å². The number of fused-ring (bicyclic) bond motifs is 2. The van der Waals surface area contributed by atoms with E-state index in [1.54, 1.807) is 10.7 Å². The molecule has 5 nitrogen and oxygen atoms in total. The summed E-state index contributed by atoms with van der Waals surface area (Å²) in [6.45, 7) is 0. The summed E-state index contributed by atoms with van der Waals surface area (Å²) in [4.78, 5) is 8.45. The van der Waals surface area contributed by atoms with E-state index in [0.717, 1.165) is 22.2 Å². The number of aromatic nitrogens is 5. The molecule has 0 aromatic carbocycles. The van der Waals surface area contributed by atoms with Crippen molar-refractivity contribution in [2.75, 3.05) is 0 Å². The Balaban J connectivity index is 2.11. The van der Waals surface area contributed by atoms with Crippen LogP contribution in [-0.4, -0.2) is 24.1 Å². The first-order valence-electron chi connectivity index (χ1n) is 5.75. The Bertz CT molecular complexity index is 892. The molecule has 6 heteroatoms. The minimum Gasteiger partial charge on any atom is -0.299 e. The molecule has 0 aliphatic rings. The SMILES string of the molecule is Clc1nc(-n2ccc3cnccc32)c2cccn2n1. The third-order valence-electron chi connectivity index (χ3n) is 3.06. The number of hydrogen-bond donors (Lipinski definition) is 0. The van der Waals surface area contributed by atoms with Crippen LogP contribution in [0.2, 0.25) is 5.28 Å². The number of hydrogen-bond acceptors (Lipinski definition) is 3. The smallest absolute Gasteiger partial charge is 0.243 e. The van der Waals surface area contributed by atoms with Crippen molar-refractivity contribution < 1.29 is 0 Å². The summed E-state index contributed by atoms with van der Waals surface area (Å²) in [5.41, 5.74) is 1.94. The Morgan fingerprint density at radius 1 is 1.05 bits per heavy atom. The highest BCUT2D eigenvalue weighted by Gasteiger charge is 2.10. The lowest BCUT2D eigenvalue weighted by molar-refractivity contribution is 0.877. The van der Waals surface area contributed by atoms with Crippen LogP contribution in [0.25, 0.3) is 22.2 Å². The second kappa shape index (κ2) is 3.80. The van der Waals surface area contributed by atoms with E-state index in [9.17, 15) is 0 Å². The van der Waals surface area contributed by atoms with Gasteiger partial charge in [0.1, 0.15) is 5.52 Å². The molecule has 0 radical (unpaired) electrons. The van der Waals surface area contributed by atoms with Crippen LogP contribution < -0.4 is 0 Å². The molecule has 0 aliphatic carbocycles. The Labute approximate surface area is 113 Å². The third kappa shape index (κ3) is 1.52. The molecule has 0 fully saturated rings. The zero-order valence-electron chi connectivity index (χ0n) is 9.73. The lowest BCUT2D eigenvalue weighted by atomic mass is 10.3. The van der Waals surface area contributed by atoms with Gasteiger partial charge in [0.05, 0.1) is 5.52 Å². The van der Waals surface area contributed by atoms with E-state index >= 15 is 0 Å². The molecular formula is C13H8ClN5. The van der Waals surface area contributed by atoms with Crippen molar-refractivity contribution in [3.8, 4) is 5.82 Å².